The third-order valence-electron chi connectivity index (χ3n) is 5.98. The second-order valence-electron chi connectivity index (χ2n) is 8.09. The van der Waals surface area contributed by atoms with Crippen molar-refractivity contribution in [3.05, 3.63) is 54.3 Å². The lowest BCUT2D eigenvalue weighted by Crippen LogP contribution is -2.46. The molecule has 5 nitrogen and oxygen atoms in total. The van der Waals surface area contributed by atoms with E-state index in [0.29, 0.717) is 25.4 Å². The van der Waals surface area contributed by atoms with Gasteiger partial charge in [0.05, 0.1) is 5.92 Å². The summed E-state index contributed by atoms with van der Waals surface area (Å²) in [7, 11) is 0. The van der Waals surface area contributed by atoms with Gasteiger partial charge in [-0.15, -0.1) is 0 Å². The lowest BCUT2D eigenvalue weighted by Gasteiger charge is -2.35. The van der Waals surface area contributed by atoms with Crippen molar-refractivity contribution in [2.75, 3.05) is 31.6 Å². The summed E-state index contributed by atoms with van der Waals surface area (Å²) in [5, 5.41) is 2.97. The van der Waals surface area contributed by atoms with Gasteiger partial charge in [0.25, 0.3) is 0 Å². The molecule has 2 heterocycles. The molecule has 2 aliphatic rings. The summed E-state index contributed by atoms with van der Waals surface area (Å²) in [6.07, 6.45) is 3.16. The van der Waals surface area contributed by atoms with Crippen LogP contribution < -0.4 is 5.32 Å². The number of nitrogens with one attached hydrogen (secondary N) is 1. The van der Waals surface area contributed by atoms with Crippen molar-refractivity contribution in [1.82, 2.24) is 4.90 Å². The van der Waals surface area contributed by atoms with E-state index in [1.807, 2.05) is 35.2 Å². The minimum Gasteiger partial charge on any atom is -0.381 e. The predicted molar refractivity (Wildman–Crippen MR) is 113 cm³/mol. The number of hydrogen-bond acceptors (Lipinski definition) is 3. The minimum absolute atomic E-state index is 0.0240. The van der Waals surface area contributed by atoms with Gasteiger partial charge in [0, 0.05) is 37.9 Å². The summed E-state index contributed by atoms with van der Waals surface area (Å²) in [5.74, 6) is -0.350. The number of carbonyl (C=O) groups excluding carboxylic acids is 2. The van der Waals surface area contributed by atoms with Crippen molar-refractivity contribution in [3.63, 3.8) is 0 Å². The lowest BCUT2D eigenvalue weighted by molar-refractivity contribution is -0.141. The molecule has 2 aromatic rings. The number of piperidine rings is 1. The van der Waals surface area contributed by atoms with Gasteiger partial charge in [-0.05, 0) is 61.1 Å². The molecule has 4 rings (SSSR count). The van der Waals surface area contributed by atoms with E-state index in [-0.39, 0.29) is 29.5 Å². The average Bonchev–Trinajstić information content (AvgIpc) is 2.80. The Morgan fingerprint density at radius 1 is 0.967 bits per heavy atom. The van der Waals surface area contributed by atoms with Crippen LogP contribution in [-0.4, -0.2) is 43.0 Å². The highest BCUT2D eigenvalue weighted by atomic mass is 19.1. The van der Waals surface area contributed by atoms with Gasteiger partial charge < -0.3 is 15.0 Å². The molecule has 2 aliphatic heterocycles. The molecule has 158 valence electrons. The van der Waals surface area contributed by atoms with Gasteiger partial charge in [-0.25, -0.2) is 4.39 Å². The fraction of sp³-hybridized carbons (Fsp3) is 0.417. The van der Waals surface area contributed by atoms with Crippen LogP contribution in [0.5, 0.6) is 0 Å². The Bertz CT molecular complexity index is 894. The summed E-state index contributed by atoms with van der Waals surface area (Å²) in [6.45, 7) is 2.48. The molecule has 1 N–H and O–H groups in total. The zero-order chi connectivity index (χ0) is 20.9. The van der Waals surface area contributed by atoms with E-state index in [4.69, 9.17) is 4.74 Å². The molecule has 2 aromatic carbocycles. The Morgan fingerprint density at radius 2 is 1.73 bits per heavy atom. The predicted octanol–water partition coefficient (Wildman–Crippen LogP) is 4.10. The van der Waals surface area contributed by atoms with Gasteiger partial charge in [-0.1, -0.05) is 24.3 Å². The van der Waals surface area contributed by atoms with Crippen LogP contribution >= 0.6 is 0 Å². The first kappa shape index (κ1) is 20.5. The molecule has 30 heavy (non-hydrogen) atoms. The van der Waals surface area contributed by atoms with Crippen molar-refractivity contribution in [2.45, 2.75) is 25.7 Å². The summed E-state index contributed by atoms with van der Waals surface area (Å²) < 4.78 is 18.8. The molecule has 0 radical (unpaired) electrons. The molecule has 0 aliphatic carbocycles. The Kier molecular flexibility index (Phi) is 6.43. The molecule has 2 fully saturated rings. The number of nitrogens with zero attached hydrogens (tertiary/aromatic N) is 1. The Balaban J connectivity index is 1.35. The normalized spacial score (nSPS) is 20.0. The van der Waals surface area contributed by atoms with Crippen LogP contribution in [-0.2, 0) is 14.3 Å². The van der Waals surface area contributed by atoms with Crippen LogP contribution in [0.15, 0.2) is 48.5 Å². The van der Waals surface area contributed by atoms with Crippen LogP contribution in [0.25, 0.3) is 11.1 Å². The second-order valence-corrected chi connectivity index (χ2v) is 8.09. The summed E-state index contributed by atoms with van der Waals surface area (Å²) in [4.78, 5) is 27.4. The van der Waals surface area contributed by atoms with E-state index < -0.39 is 0 Å². The minimum atomic E-state index is -0.276. The highest BCUT2D eigenvalue weighted by Gasteiger charge is 2.32. The molecule has 0 bridgehead atoms. The van der Waals surface area contributed by atoms with Crippen molar-refractivity contribution >= 4 is 17.5 Å². The third-order valence-corrected chi connectivity index (χ3v) is 5.98. The van der Waals surface area contributed by atoms with Gasteiger partial charge in [0.2, 0.25) is 11.8 Å². The first-order valence-electron chi connectivity index (χ1n) is 10.6. The SMILES string of the molecule is O=C(Nc1ccc(-c2cccc(F)c2)cc1)[C@H]1CCCN(C(=O)C2CCOCC2)C1. The molecule has 0 spiro atoms. The fourth-order valence-electron chi connectivity index (χ4n) is 4.25. The van der Waals surface area contributed by atoms with Crippen molar-refractivity contribution < 1.29 is 18.7 Å². The lowest BCUT2D eigenvalue weighted by atomic mass is 9.93. The molecule has 2 saturated heterocycles. The third kappa shape index (κ3) is 4.87. The van der Waals surface area contributed by atoms with E-state index >= 15 is 0 Å². The van der Waals surface area contributed by atoms with Crippen LogP contribution in [0, 0.1) is 17.7 Å². The van der Waals surface area contributed by atoms with Gasteiger partial charge >= 0.3 is 0 Å². The van der Waals surface area contributed by atoms with Gasteiger partial charge in [0.15, 0.2) is 0 Å². The molecule has 6 heteroatoms. The number of anilines is 1. The van der Waals surface area contributed by atoms with E-state index in [9.17, 15) is 14.0 Å². The van der Waals surface area contributed by atoms with Crippen molar-refractivity contribution in [2.24, 2.45) is 11.8 Å². The van der Waals surface area contributed by atoms with Crippen LogP contribution in [0.1, 0.15) is 25.7 Å². The maximum Gasteiger partial charge on any atom is 0.229 e. The zero-order valence-corrected chi connectivity index (χ0v) is 17.0. The van der Waals surface area contributed by atoms with E-state index in [0.717, 1.165) is 43.4 Å². The first-order chi connectivity index (χ1) is 14.6. The molecule has 0 saturated carbocycles. The number of likely N-dealkylation sites (tertiary alicyclic amines) is 1. The van der Waals surface area contributed by atoms with Gasteiger partial charge in [-0.2, -0.15) is 0 Å². The summed E-state index contributed by atoms with van der Waals surface area (Å²) >= 11 is 0. The Labute approximate surface area is 176 Å². The molecule has 0 aromatic heterocycles. The Morgan fingerprint density at radius 3 is 2.47 bits per heavy atom. The van der Waals surface area contributed by atoms with E-state index in [1.165, 1.54) is 12.1 Å². The van der Waals surface area contributed by atoms with Gasteiger partial charge in [-0.3, -0.25) is 9.59 Å². The number of halogens is 1. The second kappa shape index (κ2) is 9.39. The number of rotatable bonds is 4. The molecular weight excluding hydrogens is 383 g/mol. The number of ether oxygens (including phenoxy) is 1. The van der Waals surface area contributed by atoms with Crippen molar-refractivity contribution in [3.8, 4) is 11.1 Å². The zero-order valence-electron chi connectivity index (χ0n) is 17.0. The van der Waals surface area contributed by atoms with E-state index in [2.05, 4.69) is 5.32 Å². The summed E-state index contributed by atoms with van der Waals surface area (Å²) in [6, 6.07) is 13.8. The molecule has 0 unspecified atom stereocenters. The van der Waals surface area contributed by atoms with E-state index in [1.54, 1.807) is 6.07 Å². The average molecular weight is 410 g/mol. The topological polar surface area (TPSA) is 58.6 Å². The maximum absolute atomic E-state index is 13.4. The molecule has 1 atom stereocenters. The number of amides is 2. The smallest absolute Gasteiger partial charge is 0.229 e. The number of benzene rings is 2. The number of carbonyl (C=O) groups is 2. The van der Waals surface area contributed by atoms with Crippen LogP contribution in [0.3, 0.4) is 0 Å². The molecule has 2 amide bonds. The monoisotopic (exact) mass is 410 g/mol. The largest absolute Gasteiger partial charge is 0.381 e. The quantitative estimate of drug-likeness (QED) is 0.826. The summed E-state index contributed by atoms with van der Waals surface area (Å²) in [5.41, 5.74) is 2.38. The fourth-order valence-corrected chi connectivity index (χ4v) is 4.25. The highest BCUT2D eigenvalue weighted by Crippen LogP contribution is 2.25. The first-order valence-corrected chi connectivity index (χ1v) is 10.6. The van der Waals surface area contributed by atoms with Crippen molar-refractivity contribution in [1.29, 1.82) is 0 Å². The van der Waals surface area contributed by atoms with Gasteiger partial charge in [0.1, 0.15) is 5.82 Å². The number of hydrogen-bond donors (Lipinski definition) is 1. The van der Waals surface area contributed by atoms with Crippen LogP contribution in [0.2, 0.25) is 0 Å². The van der Waals surface area contributed by atoms with Crippen LogP contribution in [0.4, 0.5) is 10.1 Å². The highest BCUT2D eigenvalue weighted by molar-refractivity contribution is 5.93. The standard InChI is InChI=1S/C24H27FN2O3/c25-21-5-1-3-19(15-21)17-6-8-22(9-7-17)26-23(28)20-4-2-12-27(16-20)24(29)18-10-13-30-14-11-18/h1,3,5-9,15,18,20H,2,4,10-14,16H2,(H,26,28)/t20-/m0/s1. The Hall–Kier alpha value is -2.73. The maximum atomic E-state index is 13.4. The molecular formula is C24H27FN2O3.